The Bertz CT molecular complexity index is 2010. The van der Waals surface area contributed by atoms with Gasteiger partial charge in [-0.05, 0) is 20.8 Å². The van der Waals surface area contributed by atoms with Crippen molar-refractivity contribution in [3.05, 3.63) is 0 Å². The molecule has 35 nitrogen and oxygen atoms in total. The van der Waals surface area contributed by atoms with E-state index >= 15 is 0 Å². The smallest absolute Gasteiger partial charge is 0.217 e. The lowest BCUT2D eigenvalue weighted by Gasteiger charge is -2.52. The number of hydrogen-bond donors (Lipinski definition) is 20. The summed E-state index contributed by atoms with van der Waals surface area (Å²) in [5, 5.41) is 201. The van der Waals surface area contributed by atoms with E-state index in [2.05, 4.69) is 10.6 Å². The average Bonchev–Trinajstić information content (AvgIpc) is 3.59. The third-order valence-corrected chi connectivity index (χ3v) is 15.2. The Hall–Kier alpha value is -2.30. The molecule has 35 atom stereocenters. The summed E-state index contributed by atoms with van der Waals surface area (Å²) in [4.78, 5) is 25.8. The topological polar surface area (TPSA) is 542 Å². The maximum atomic E-state index is 13.3. The Morgan fingerprint density at radius 2 is 0.654 bits per heavy atom. The Morgan fingerprint density at radius 1 is 0.321 bits per heavy atom. The van der Waals surface area contributed by atoms with Crippen LogP contribution in [0.1, 0.15) is 34.6 Å². The summed E-state index contributed by atoms with van der Waals surface area (Å²) in [7, 11) is 0. The lowest BCUT2D eigenvalue weighted by molar-refractivity contribution is -0.401. The van der Waals surface area contributed by atoms with Crippen LogP contribution in [0.15, 0.2) is 0 Å². The van der Waals surface area contributed by atoms with E-state index in [9.17, 15) is 102 Å². The number of rotatable bonds is 18. The molecule has 81 heavy (non-hydrogen) atoms. The third kappa shape index (κ3) is 14.1. The largest absolute Gasteiger partial charge is 0.394 e. The molecule has 20 N–H and O–H groups in total. The fourth-order valence-electron chi connectivity index (χ4n) is 10.6. The van der Waals surface area contributed by atoms with Gasteiger partial charge in [0.2, 0.25) is 11.8 Å². The highest BCUT2D eigenvalue weighted by atomic mass is 16.8. The van der Waals surface area contributed by atoms with Crippen LogP contribution in [0.5, 0.6) is 0 Å². The predicted molar refractivity (Wildman–Crippen MR) is 251 cm³/mol. The summed E-state index contributed by atoms with van der Waals surface area (Å²) in [6, 6.07) is -3.58. The van der Waals surface area contributed by atoms with Crippen molar-refractivity contribution in [2.75, 3.05) is 26.4 Å². The third-order valence-electron chi connectivity index (χ3n) is 15.2. The minimum atomic E-state index is -2.30. The quantitative estimate of drug-likeness (QED) is 0.0606. The van der Waals surface area contributed by atoms with Crippen molar-refractivity contribution in [1.82, 2.24) is 10.6 Å². The molecule has 0 saturated carbocycles. The van der Waals surface area contributed by atoms with Gasteiger partial charge in [-0.1, -0.05) is 0 Å². The fourth-order valence-corrected chi connectivity index (χ4v) is 10.6. The summed E-state index contributed by atoms with van der Waals surface area (Å²) >= 11 is 0. The number of aliphatic hydroxyl groups excluding tert-OH is 18. The molecule has 7 saturated heterocycles. The first-order chi connectivity index (χ1) is 38.2. The molecule has 0 aliphatic carbocycles. The van der Waals surface area contributed by atoms with Gasteiger partial charge in [0.1, 0.15) is 152 Å². The normalized spacial score (nSPS) is 51.8. The number of nitrogens with one attached hydrogen (secondary N) is 2. The van der Waals surface area contributed by atoms with Gasteiger partial charge >= 0.3 is 0 Å². The van der Waals surface area contributed by atoms with Gasteiger partial charge in [-0.15, -0.1) is 0 Å². The van der Waals surface area contributed by atoms with Crippen LogP contribution in [-0.2, 0) is 71.2 Å². The van der Waals surface area contributed by atoms with Crippen LogP contribution in [0, 0.1) is 0 Å². The van der Waals surface area contributed by atoms with Crippen LogP contribution in [0.4, 0.5) is 0 Å². The standard InChI is InChI=1S/C46H78N2O33/c1-10-21(55)26(60)30(64)42(69-10)78-36-19(47-13(4)53)40(68)72-17(8-51)34(36)76-45-33(67)38(25(59)16(7-50)73-45)80-41-20(48-14(5)54)37(79-43-31(65)27(61)22(56)11(2)70-43)35(18(9-52)75-41)77-46-39(29(63)24(58)15(6-49)74-46)81-44-32(66)28(62)23(57)12(3)71-44/h10-12,15-46,49-52,55-68H,6-9H2,1-5H3,(H,47,53)(H,48,54)/t10-,11-,12-,15+,16+,17+,18+,19+,20+,21+,22+,23+,24-,25+,26+,27+,28+,29-,30-,31-,32-,33-,34+,35+,36+,37+,38-,39+,40?,41-,42-,43-,44-,45-,46-/m0/s1. The number of ether oxygens (including phenoxy) is 13. The molecule has 0 bridgehead atoms. The second-order valence-corrected chi connectivity index (χ2v) is 21.0. The lowest BCUT2D eigenvalue weighted by Crippen LogP contribution is -2.72. The van der Waals surface area contributed by atoms with Gasteiger partial charge in [-0.2, -0.15) is 0 Å². The summed E-state index contributed by atoms with van der Waals surface area (Å²) in [5.74, 6) is -1.72. The van der Waals surface area contributed by atoms with Crippen molar-refractivity contribution < 1.29 is 163 Å². The van der Waals surface area contributed by atoms with E-state index in [0.717, 1.165) is 13.8 Å². The van der Waals surface area contributed by atoms with Gasteiger partial charge < -0.3 is 164 Å². The van der Waals surface area contributed by atoms with Crippen LogP contribution in [-0.4, -0.2) is 345 Å². The summed E-state index contributed by atoms with van der Waals surface area (Å²) in [6.07, 6.45) is -61.9. The Morgan fingerprint density at radius 3 is 1.10 bits per heavy atom. The summed E-state index contributed by atoms with van der Waals surface area (Å²) in [6.45, 7) is 1.71. The molecule has 0 aromatic rings. The van der Waals surface area contributed by atoms with E-state index in [-0.39, 0.29) is 0 Å². The Kier molecular flexibility index (Phi) is 22.9. The minimum Gasteiger partial charge on any atom is -0.394 e. The van der Waals surface area contributed by atoms with Gasteiger partial charge in [0.25, 0.3) is 0 Å². The highest BCUT2D eigenvalue weighted by Crippen LogP contribution is 2.39. The molecule has 1 unspecified atom stereocenters. The molecule has 7 fully saturated rings. The molecule has 0 aromatic heterocycles. The van der Waals surface area contributed by atoms with Crippen LogP contribution in [0.2, 0.25) is 0 Å². The van der Waals surface area contributed by atoms with E-state index < -0.39 is 253 Å². The van der Waals surface area contributed by atoms with Crippen molar-refractivity contribution in [2.24, 2.45) is 0 Å². The molecule has 7 aliphatic heterocycles. The Balaban J connectivity index is 1.24. The van der Waals surface area contributed by atoms with Gasteiger partial charge in [0.15, 0.2) is 44.0 Å². The number of aliphatic hydroxyl groups is 18. The molecule has 7 heterocycles. The zero-order valence-corrected chi connectivity index (χ0v) is 44.2. The molecule has 0 radical (unpaired) electrons. The molecule has 35 heteroatoms. The fraction of sp³-hybridized carbons (Fsp3) is 0.957. The molecular formula is C46H78N2O33. The SMILES string of the molecule is CC(=O)N[C@H]1[C@H](O[C@@H]2[C@H](O)[C@H](O[C@H]3[C@H](O[C@@H]4O[C@@H](C)[C@@H](O)[C@@H](O)[C@@H]4O)[C@@H](NC(C)=O)C(O)O[C@@H]3CO)O[C@H](CO)[C@H]2O)O[C@H](CO)[C@@H](O[C@@H]2O[C@H](CO)[C@H](O)[C@H](O)[C@H]2O[C@@H]2O[C@@H](C)[C@@H](O)[C@@H](O)[C@@H]2O)[C@@H]1O[C@@H]1O[C@@H](C)[C@@H](O)[C@@H](O)[C@@H]1O. The van der Waals surface area contributed by atoms with E-state index in [1.807, 2.05) is 0 Å². The van der Waals surface area contributed by atoms with Crippen molar-refractivity contribution in [2.45, 2.75) is 249 Å². The summed E-state index contributed by atoms with van der Waals surface area (Å²) < 4.78 is 77.2. The summed E-state index contributed by atoms with van der Waals surface area (Å²) in [5.41, 5.74) is 0. The average molecular weight is 1190 g/mol. The second-order valence-electron chi connectivity index (χ2n) is 21.0. The number of carbonyl (C=O) groups is 2. The van der Waals surface area contributed by atoms with Gasteiger partial charge in [-0.3, -0.25) is 9.59 Å². The molecule has 2 amide bonds. The molecular weight excluding hydrogens is 1110 g/mol. The maximum Gasteiger partial charge on any atom is 0.217 e. The van der Waals surface area contributed by atoms with Crippen molar-refractivity contribution in [3.8, 4) is 0 Å². The lowest BCUT2D eigenvalue weighted by atomic mass is 9.93. The van der Waals surface area contributed by atoms with E-state index in [0.29, 0.717) is 0 Å². The second kappa shape index (κ2) is 28.0. The Labute approximate surface area is 460 Å². The van der Waals surface area contributed by atoms with Crippen LogP contribution >= 0.6 is 0 Å². The van der Waals surface area contributed by atoms with Crippen molar-refractivity contribution in [3.63, 3.8) is 0 Å². The molecule has 0 spiro atoms. The highest BCUT2D eigenvalue weighted by molar-refractivity contribution is 5.73. The van der Waals surface area contributed by atoms with Crippen LogP contribution < -0.4 is 10.6 Å². The predicted octanol–water partition coefficient (Wildman–Crippen LogP) is -12.9. The first kappa shape index (κ1) is 66.2. The highest BCUT2D eigenvalue weighted by Gasteiger charge is 2.60. The van der Waals surface area contributed by atoms with Gasteiger partial charge in [0.05, 0.1) is 44.7 Å². The van der Waals surface area contributed by atoms with Crippen LogP contribution in [0.25, 0.3) is 0 Å². The van der Waals surface area contributed by atoms with Gasteiger partial charge in [0, 0.05) is 13.8 Å². The van der Waals surface area contributed by atoms with Crippen molar-refractivity contribution >= 4 is 11.8 Å². The van der Waals surface area contributed by atoms with E-state index in [1.54, 1.807) is 0 Å². The zero-order valence-electron chi connectivity index (χ0n) is 44.2. The maximum absolute atomic E-state index is 13.3. The molecule has 470 valence electrons. The monoisotopic (exact) mass is 1190 g/mol. The first-order valence-corrected chi connectivity index (χ1v) is 26.2. The van der Waals surface area contributed by atoms with E-state index in [1.165, 1.54) is 20.8 Å². The molecule has 0 aromatic carbocycles. The first-order valence-electron chi connectivity index (χ1n) is 26.2. The number of carbonyl (C=O) groups excluding carboxylic acids is 2. The van der Waals surface area contributed by atoms with E-state index in [4.69, 9.17) is 61.6 Å². The zero-order chi connectivity index (χ0) is 59.8. The number of amides is 2. The molecule has 7 aliphatic rings. The van der Waals surface area contributed by atoms with Gasteiger partial charge in [-0.25, -0.2) is 0 Å². The minimum absolute atomic E-state index is 0.793. The number of hydrogen-bond acceptors (Lipinski definition) is 33. The van der Waals surface area contributed by atoms with Crippen LogP contribution in [0.3, 0.4) is 0 Å². The van der Waals surface area contributed by atoms with Crippen molar-refractivity contribution in [1.29, 1.82) is 0 Å². The molecule has 7 rings (SSSR count).